The smallest absolute Gasteiger partial charge is 0.191 e. The molecule has 1 aliphatic rings. The second kappa shape index (κ2) is 10.7. The molecular weight excluding hydrogens is 274 g/mol. The first kappa shape index (κ1) is 17.0. The fourth-order valence-electron chi connectivity index (χ4n) is 2.42. The Hall–Kier alpha value is -0.0300. The van der Waals surface area contributed by atoms with Crippen LogP contribution in [0, 0.1) is 0 Å². The first-order chi connectivity index (χ1) is 9.30. The summed E-state index contributed by atoms with van der Waals surface area (Å²) in [6, 6.07) is 0.612. The minimum absolute atomic E-state index is 0.612. The van der Waals surface area contributed by atoms with E-state index in [1.165, 1.54) is 43.6 Å². The lowest BCUT2D eigenvalue weighted by Gasteiger charge is -2.17. The first-order valence-corrected chi connectivity index (χ1v) is 9.82. The summed E-state index contributed by atoms with van der Waals surface area (Å²) in [7, 11) is 1.87. The van der Waals surface area contributed by atoms with Crippen molar-refractivity contribution in [3.8, 4) is 0 Å². The molecule has 0 saturated heterocycles. The van der Waals surface area contributed by atoms with Gasteiger partial charge in [-0.3, -0.25) is 4.99 Å². The first-order valence-electron chi connectivity index (χ1n) is 7.37. The van der Waals surface area contributed by atoms with Crippen LogP contribution in [0.15, 0.2) is 4.99 Å². The molecule has 1 rings (SSSR count). The van der Waals surface area contributed by atoms with Crippen molar-refractivity contribution in [3.63, 3.8) is 0 Å². The molecule has 0 aromatic rings. The highest BCUT2D eigenvalue weighted by Crippen LogP contribution is 2.29. The molecule has 0 radical (unpaired) electrons. The van der Waals surface area contributed by atoms with Crippen molar-refractivity contribution in [1.29, 1.82) is 0 Å². The molecule has 2 unspecified atom stereocenters. The summed E-state index contributed by atoms with van der Waals surface area (Å²) in [4.78, 5) is 4.32. The van der Waals surface area contributed by atoms with Crippen LogP contribution in [-0.2, 0) is 0 Å². The van der Waals surface area contributed by atoms with Gasteiger partial charge < -0.3 is 10.6 Å². The van der Waals surface area contributed by atoms with Crippen LogP contribution in [0.5, 0.6) is 0 Å². The minimum Gasteiger partial charge on any atom is -0.356 e. The predicted molar refractivity (Wildman–Crippen MR) is 91.7 cm³/mol. The van der Waals surface area contributed by atoms with E-state index in [0.717, 1.165) is 17.8 Å². The van der Waals surface area contributed by atoms with Crippen LogP contribution in [0.3, 0.4) is 0 Å². The Morgan fingerprint density at radius 3 is 2.84 bits per heavy atom. The van der Waals surface area contributed by atoms with Gasteiger partial charge in [0.15, 0.2) is 5.96 Å². The summed E-state index contributed by atoms with van der Waals surface area (Å²) in [6.07, 6.45) is 8.58. The molecule has 0 aromatic carbocycles. The van der Waals surface area contributed by atoms with Crippen molar-refractivity contribution < 1.29 is 0 Å². The number of rotatable bonds is 8. The summed E-state index contributed by atoms with van der Waals surface area (Å²) in [6.45, 7) is 3.28. The van der Waals surface area contributed by atoms with Gasteiger partial charge in [0, 0.05) is 24.9 Å². The van der Waals surface area contributed by atoms with Crippen molar-refractivity contribution in [2.45, 2.75) is 50.3 Å². The summed E-state index contributed by atoms with van der Waals surface area (Å²) in [5, 5.41) is 7.84. The van der Waals surface area contributed by atoms with E-state index in [2.05, 4.69) is 40.6 Å². The summed E-state index contributed by atoms with van der Waals surface area (Å²) in [5.74, 6) is 3.47. The van der Waals surface area contributed by atoms with Crippen molar-refractivity contribution in [2.24, 2.45) is 4.99 Å². The fraction of sp³-hybridized carbons (Fsp3) is 0.929. The van der Waals surface area contributed by atoms with Gasteiger partial charge in [0.25, 0.3) is 0 Å². The van der Waals surface area contributed by atoms with Gasteiger partial charge in [0.05, 0.1) is 0 Å². The van der Waals surface area contributed by atoms with Crippen LogP contribution >= 0.6 is 23.5 Å². The van der Waals surface area contributed by atoms with E-state index >= 15 is 0 Å². The van der Waals surface area contributed by atoms with E-state index in [4.69, 9.17) is 0 Å². The molecule has 0 aliphatic heterocycles. The molecule has 1 fully saturated rings. The van der Waals surface area contributed by atoms with E-state index in [0.29, 0.717) is 6.04 Å². The number of nitrogens with zero attached hydrogens (tertiary/aromatic N) is 1. The van der Waals surface area contributed by atoms with Gasteiger partial charge in [-0.25, -0.2) is 0 Å². The Labute approximate surface area is 127 Å². The quantitative estimate of drug-likeness (QED) is 0.411. The number of guanidine groups is 1. The Bertz CT molecular complexity index is 259. The molecule has 2 atom stereocenters. The molecular formula is C14H29N3S2. The highest BCUT2D eigenvalue weighted by Gasteiger charge is 2.24. The lowest BCUT2D eigenvalue weighted by atomic mass is 10.2. The zero-order valence-corrected chi connectivity index (χ0v) is 14.2. The topological polar surface area (TPSA) is 36.4 Å². The maximum absolute atomic E-state index is 4.32. The number of aliphatic imine (C=N–C) groups is 1. The lowest BCUT2D eigenvalue weighted by molar-refractivity contribution is 0.611. The van der Waals surface area contributed by atoms with Crippen LogP contribution in [0.2, 0.25) is 0 Å². The molecule has 2 N–H and O–H groups in total. The molecule has 19 heavy (non-hydrogen) atoms. The van der Waals surface area contributed by atoms with Crippen LogP contribution in [-0.4, -0.2) is 48.6 Å². The molecule has 112 valence electrons. The van der Waals surface area contributed by atoms with Crippen molar-refractivity contribution >= 4 is 29.5 Å². The lowest BCUT2D eigenvalue weighted by Crippen LogP contribution is -2.42. The van der Waals surface area contributed by atoms with Gasteiger partial charge >= 0.3 is 0 Å². The maximum atomic E-state index is 4.32. The molecule has 0 bridgehead atoms. The molecule has 0 amide bonds. The standard InChI is InChI=1S/C14H29N3S2/c1-4-19-13-8-7-12(11-13)17-14(15-2)16-9-5-6-10-18-3/h12-13H,4-11H2,1-3H3,(H2,15,16,17). The van der Waals surface area contributed by atoms with Crippen LogP contribution in [0.4, 0.5) is 0 Å². The Balaban J connectivity index is 2.15. The number of thioether (sulfide) groups is 2. The second-order valence-corrected chi connectivity index (χ2v) is 7.49. The van der Waals surface area contributed by atoms with Crippen LogP contribution in [0.25, 0.3) is 0 Å². The highest BCUT2D eigenvalue weighted by molar-refractivity contribution is 7.99. The van der Waals surface area contributed by atoms with Gasteiger partial charge in [0.2, 0.25) is 0 Å². The predicted octanol–water partition coefficient (Wildman–Crippen LogP) is 2.97. The van der Waals surface area contributed by atoms with Gasteiger partial charge in [-0.15, -0.1) is 0 Å². The van der Waals surface area contributed by atoms with E-state index in [1.807, 2.05) is 18.8 Å². The molecule has 1 aliphatic carbocycles. The van der Waals surface area contributed by atoms with Gasteiger partial charge in [-0.05, 0) is 49.9 Å². The van der Waals surface area contributed by atoms with Crippen molar-refractivity contribution in [2.75, 3.05) is 31.4 Å². The summed E-state index contributed by atoms with van der Waals surface area (Å²) in [5.41, 5.74) is 0. The van der Waals surface area contributed by atoms with E-state index in [9.17, 15) is 0 Å². The Morgan fingerprint density at radius 1 is 1.32 bits per heavy atom. The third kappa shape index (κ3) is 7.35. The third-order valence-electron chi connectivity index (χ3n) is 3.42. The van der Waals surface area contributed by atoms with E-state index in [1.54, 1.807) is 0 Å². The molecule has 0 spiro atoms. The number of nitrogens with one attached hydrogen (secondary N) is 2. The van der Waals surface area contributed by atoms with Crippen molar-refractivity contribution in [3.05, 3.63) is 0 Å². The normalized spacial score (nSPS) is 23.6. The molecule has 5 heteroatoms. The highest BCUT2D eigenvalue weighted by atomic mass is 32.2. The second-order valence-electron chi connectivity index (χ2n) is 4.93. The van der Waals surface area contributed by atoms with Crippen molar-refractivity contribution in [1.82, 2.24) is 10.6 Å². The van der Waals surface area contributed by atoms with Crippen LogP contribution in [0.1, 0.15) is 39.0 Å². The van der Waals surface area contributed by atoms with Crippen LogP contribution < -0.4 is 10.6 Å². The average Bonchev–Trinajstić information content (AvgIpc) is 2.85. The minimum atomic E-state index is 0.612. The van der Waals surface area contributed by atoms with E-state index in [-0.39, 0.29) is 0 Å². The largest absolute Gasteiger partial charge is 0.356 e. The molecule has 0 heterocycles. The Kier molecular flexibility index (Phi) is 9.61. The fourth-order valence-corrected chi connectivity index (χ4v) is 4.06. The number of hydrogen-bond acceptors (Lipinski definition) is 3. The summed E-state index contributed by atoms with van der Waals surface area (Å²) >= 11 is 4.02. The third-order valence-corrected chi connectivity index (χ3v) is 5.35. The molecule has 0 aromatic heterocycles. The average molecular weight is 304 g/mol. The zero-order valence-electron chi connectivity index (χ0n) is 12.6. The zero-order chi connectivity index (χ0) is 13.9. The summed E-state index contributed by atoms with van der Waals surface area (Å²) < 4.78 is 0. The SMILES string of the molecule is CCSC1CCC(NC(=NC)NCCCCSC)C1. The maximum Gasteiger partial charge on any atom is 0.191 e. The van der Waals surface area contributed by atoms with Gasteiger partial charge in [0.1, 0.15) is 0 Å². The number of hydrogen-bond donors (Lipinski definition) is 2. The molecule has 3 nitrogen and oxygen atoms in total. The van der Waals surface area contributed by atoms with E-state index < -0.39 is 0 Å². The number of unbranched alkanes of at least 4 members (excludes halogenated alkanes) is 1. The monoisotopic (exact) mass is 303 g/mol. The van der Waals surface area contributed by atoms with Gasteiger partial charge in [-0.2, -0.15) is 23.5 Å². The molecule has 1 saturated carbocycles. The van der Waals surface area contributed by atoms with Gasteiger partial charge in [-0.1, -0.05) is 6.92 Å². The Morgan fingerprint density at radius 2 is 2.16 bits per heavy atom.